The normalized spacial score (nSPS) is 12.5. The molecule has 2 heterocycles. The summed E-state index contributed by atoms with van der Waals surface area (Å²) in [7, 11) is 0. The molecule has 1 aromatic carbocycles. The molecule has 8 nitrogen and oxygen atoms in total. The van der Waals surface area contributed by atoms with Gasteiger partial charge < -0.3 is 5.32 Å². The van der Waals surface area contributed by atoms with Crippen LogP contribution in [0.2, 0.25) is 0 Å². The number of halogens is 3. The van der Waals surface area contributed by atoms with E-state index in [1.807, 2.05) is 6.92 Å². The van der Waals surface area contributed by atoms with E-state index in [0.29, 0.717) is 23.0 Å². The van der Waals surface area contributed by atoms with Gasteiger partial charge in [0.15, 0.2) is 0 Å². The Morgan fingerprint density at radius 1 is 1.06 bits per heavy atom. The molecule has 192 valence electrons. The SMILES string of the molecule is CCn1c(=O)c2cc(CC(=O)CC(C)CNC(=O)c3ccc(C(F)(F)F)nc3)ccc2n(CC)c1=O. The van der Waals surface area contributed by atoms with Crippen LogP contribution >= 0.6 is 0 Å². The number of aromatic nitrogens is 3. The maximum Gasteiger partial charge on any atom is 0.433 e. The number of hydrogen-bond donors (Lipinski definition) is 1. The fraction of sp³-hybridized carbons (Fsp3) is 0.400. The lowest BCUT2D eigenvalue weighted by Gasteiger charge is -2.14. The van der Waals surface area contributed by atoms with Crippen LogP contribution in [0, 0.1) is 5.92 Å². The number of amides is 1. The van der Waals surface area contributed by atoms with E-state index in [0.717, 1.165) is 22.9 Å². The molecule has 0 aliphatic rings. The van der Waals surface area contributed by atoms with Crippen molar-refractivity contribution in [2.24, 2.45) is 5.92 Å². The van der Waals surface area contributed by atoms with Crippen molar-refractivity contribution in [1.29, 1.82) is 0 Å². The van der Waals surface area contributed by atoms with Crippen LogP contribution in [0.25, 0.3) is 10.9 Å². The highest BCUT2D eigenvalue weighted by Crippen LogP contribution is 2.27. The highest BCUT2D eigenvalue weighted by molar-refractivity contribution is 5.93. The topological polar surface area (TPSA) is 103 Å². The number of rotatable bonds is 9. The lowest BCUT2D eigenvalue weighted by Crippen LogP contribution is -2.39. The number of nitrogens with zero attached hydrogens (tertiary/aromatic N) is 3. The van der Waals surface area contributed by atoms with Crippen molar-refractivity contribution in [1.82, 2.24) is 19.4 Å². The van der Waals surface area contributed by atoms with Gasteiger partial charge in [0.25, 0.3) is 11.5 Å². The van der Waals surface area contributed by atoms with Crippen LogP contribution in [-0.2, 0) is 30.5 Å². The fourth-order valence-corrected chi connectivity index (χ4v) is 3.99. The Bertz CT molecular complexity index is 1390. The number of nitrogens with one attached hydrogen (secondary N) is 1. The average molecular weight is 505 g/mol. The smallest absolute Gasteiger partial charge is 0.352 e. The minimum absolute atomic E-state index is 0.0130. The number of Topliss-reactive ketones (excluding diaryl/α,β-unsaturated/α-hetero) is 1. The van der Waals surface area contributed by atoms with Crippen molar-refractivity contribution >= 4 is 22.6 Å². The van der Waals surface area contributed by atoms with Gasteiger partial charge in [-0.1, -0.05) is 13.0 Å². The summed E-state index contributed by atoms with van der Waals surface area (Å²) in [5.41, 5.74) is -0.711. The van der Waals surface area contributed by atoms with Crippen molar-refractivity contribution in [2.75, 3.05) is 6.54 Å². The van der Waals surface area contributed by atoms with E-state index >= 15 is 0 Å². The summed E-state index contributed by atoms with van der Waals surface area (Å²) in [5.74, 6) is -0.918. The zero-order valence-electron chi connectivity index (χ0n) is 20.2. The number of ketones is 1. The number of pyridine rings is 1. The van der Waals surface area contributed by atoms with Crippen LogP contribution in [-0.4, -0.2) is 32.4 Å². The van der Waals surface area contributed by atoms with Crippen LogP contribution < -0.4 is 16.6 Å². The van der Waals surface area contributed by atoms with Gasteiger partial charge in [-0.25, -0.2) is 4.79 Å². The predicted octanol–water partition coefficient (Wildman–Crippen LogP) is 3.18. The maximum absolute atomic E-state index is 12.8. The molecule has 0 saturated heterocycles. The van der Waals surface area contributed by atoms with E-state index in [1.54, 1.807) is 32.0 Å². The second kappa shape index (κ2) is 10.9. The molecule has 0 radical (unpaired) electrons. The molecule has 2 aromatic heterocycles. The Kier molecular flexibility index (Phi) is 8.11. The lowest BCUT2D eigenvalue weighted by atomic mass is 9.99. The molecule has 3 rings (SSSR count). The Hall–Kier alpha value is -3.76. The summed E-state index contributed by atoms with van der Waals surface area (Å²) >= 11 is 0. The largest absolute Gasteiger partial charge is 0.433 e. The predicted molar refractivity (Wildman–Crippen MR) is 128 cm³/mol. The number of aryl methyl sites for hydroxylation is 1. The number of alkyl halides is 3. The fourth-order valence-electron chi connectivity index (χ4n) is 3.99. The summed E-state index contributed by atoms with van der Waals surface area (Å²) in [4.78, 5) is 53.3. The highest BCUT2D eigenvalue weighted by atomic mass is 19.4. The first kappa shape index (κ1) is 26.8. The second-order valence-electron chi connectivity index (χ2n) is 8.59. The molecule has 1 amide bonds. The molecule has 11 heteroatoms. The molecular formula is C25H27F3N4O4. The Morgan fingerprint density at radius 2 is 1.75 bits per heavy atom. The molecular weight excluding hydrogens is 477 g/mol. The van der Waals surface area contributed by atoms with Gasteiger partial charge in [0.2, 0.25) is 0 Å². The quantitative estimate of drug-likeness (QED) is 0.482. The first-order valence-electron chi connectivity index (χ1n) is 11.6. The standard InChI is InChI=1S/C25H27F3N4O4/c1-4-31-20-8-6-16(12-19(20)23(35)32(5-2)24(31)36)11-18(33)10-15(3)13-30-22(34)17-7-9-21(29-14-17)25(26,27)28/h6-9,12,14-15H,4-5,10-11,13H2,1-3H3,(H,30,34). The molecule has 0 bridgehead atoms. The first-order chi connectivity index (χ1) is 17.0. The van der Waals surface area contributed by atoms with E-state index in [2.05, 4.69) is 10.3 Å². The van der Waals surface area contributed by atoms with Crippen LogP contribution in [0.5, 0.6) is 0 Å². The number of benzene rings is 1. The number of hydrogen-bond acceptors (Lipinski definition) is 5. The molecule has 1 atom stereocenters. The second-order valence-corrected chi connectivity index (χ2v) is 8.59. The van der Waals surface area contributed by atoms with Crippen LogP contribution in [0.4, 0.5) is 13.2 Å². The van der Waals surface area contributed by atoms with Gasteiger partial charge >= 0.3 is 11.9 Å². The third-order valence-electron chi connectivity index (χ3n) is 5.83. The van der Waals surface area contributed by atoms with E-state index in [1.165, 1.54) is 4.57 Å². The molecule has 0 saturated carbocycles. The van der Waals surface area contributed by atoms with Gasteiger partial charge in [-0.15, -0.1) is 0 Å². The van der Waals surface area contributed by atoms with E-state index < -0.39 is 23.3 Å². The van der Waals surface area contributed by atoms with E-state index in [-0.39, 0.29) is 48.9 Å². The molecule has 0 fully saturated rings. The molecule has 3 aromatic rings. The Labute approximate surface area is 204 Å². The number of carbonyl (C=O) groups is 2. The zero-order chi connectivity index (χ0) is 26.6. The van der Waals surface area contributed by atoms with Gasteiger partial charge in [0, 0.05) is 38.7 Å². The lowest BCUT2D eigenvalue weighted by molar-refractivity contribution is -0.141. The Morgan fingerprint density at radius 3 is 2.33 bits per heavy atom. The van der Waals surface area contributed by atoms with Crippen molar-refractivity contribution in [3.05, 3.63) is 74.2 Å². The molecule has 36 heavy (non-hydrogen) atoms. The van der Waals surface area contributed by atoms with Crippen LogP contribution in [0.1, 0.15) is 48.8 Å². The van der Waals surface area contributed by atoms with E-state index in [4.69, 9.17) is 0 Å². The minimum Gasteiger partial charge on any atom is -0.352 e. The van der Waals surface area contributed by atoms with Gasteiger partial charge in [-0.05, 0) is 49.6 Å². The monoisotopic (exact) mass is 504 g/mol. The Balaban J connectivity index is 1.63. The number of fused-ring (bicyclic) bond motifs is 1. The molecule has 1 unspecified atom stereocenters. The average Bonchev–Trinajstić information content (AvgIpc) is 2.83. The van der Waals surface area contributed by atoms with Crippen molar-refractivity contribution in [3.63, 3.8) is 0 Å². The van der Waals surface area contributed by atoms with Gasteiger partial charge in [-0.2, -0.15) is 13.2 Å². The van der Waals surface area contributed by atoms with Gasteiger partial charge in [0.1, 0.15) is 11.5 Å². The summed E-state index contributed by atoms with van der Waals surface area (Å²) < 4.78 is 40.5. The maximum atomic E-state index is 12.8. The van der Waals surface area contributed by atoms with Crippen LogP contribution in [0.15, 0.2) is 46.1 Å². The van der Waals surface area contributed by atoms with Crippen molar-refractivity contribution in [3.8, 4) is 0 Å². The van der Waals surface area contributed by atoms with Crippen molar-refractivity contribution in [2.45, 2.75) is 52.9 Å². The van der Waals surface area contributed by atoms with E-state index in [9.17, 15) is 32.3 Å². The first-order valence-corrected chi connectivity index (χ1v) is 11.6. The van der Waals surface area contributed by atoms with Crippen LogP contribution in [0.3, 0.4) is 0 Å². The summed E-state index contributed by atoms with van der Waals surface area (Å²) in [5, 5.41) is 2.97. The summed E-state index contributed by atoms with van der Waals surface area (Å²) in [6.07, 6.45) is -3.50. The summed E-state index contributed by atoms with van der Waals surface area (Å²) in [6.45, 7) is 6.09. The summed E-state index contributed by atoms with van der Waals surface area (Å²) in [6, 6.07) is 6.81. The van der Waals surface area contributed by atoms with Gasteiger partial charge in [0.05, 0.1) is 16.5 Å². The third-order valence-corrected chi connectivity index (χ3v) is 5.83. The minimum atomic E-state index is -4.59. The number of carbonyl (C=O) groups excluding carboxylic acids is 2. The zero-order valence-corrected chi connectivity index (χ0v) is 20.2. The van der Waals surface area contributed by atoms with Gasteiger partial charge in [-0.3, -0.25) is 28.5 Å². The molecule has 0 spiro atoms. The molecule has 0 aliphatic heterocycles. The highest BCUT2D eigenvalue weighted by Gasteiger charge is 2.32. The molecule has 1 N–H and O–H groups in total. The molecule has 0 aliphatic carbocycles. The van der Waals surface area contributed by atoms with Crippen molar-refractivity contribution < 1.29 is 22.8 Å². The third kappa shape index (κ3) is 5.89.